The minimum atomic E-state index is 0.616. The van der Waals surface area contributed by atoms with Crippen molar-refractivity contribution in [3.8, 4) is 5.88 Å². The number of thiazole rings is 1. The predicted octanol–water partition coefficient (Wildman–Crippen LogP) is 3.10. The highest BCUT2D eigenvalue weighted by molar-refractivity contribution is 7.98. The Morgan fingerprint density at radius 3 is 2.94 bits per heavy atom. The van der Waals surface area contributed by atoms with Crippen molar-refractivity contribution in [3.63, 3.8) is 0 Å². The Hall–Kier alpha value is -1.14. The molecule has 0 spiro atoms. The van der Waals surface area contributed by atoms with Crippen LogP contribution in [0.3, 0.4) is 0 Å². The normalized spacial score (nSPS) is 10.6. The lowest BCUT2D eigenvalue weighted by Gasteiger charge is -2.04. The number of aromatic nitrogens is 3. The lowest BCUT2D eigenvalue weighted by Crippen LogP contribution is -1.95. The van der Waals surface area contributed by atoms with Crippen molar-refractivity contribution in [1.82, 2.24) is 15.0 Å². The molecule has 2 rings (SSSR count). The van der Waals surface area contributed by atoms with Crippen LogP contribution in [0.15, 0.2) is 16.7 Å². The zero-order chi connectivity index (χ0) is 13.0. The van der Waals surface area contributed by atoms with Gasteiger partial charge in [0.15, 0.2) is 5.16 Å². The summed E-state index contributed by atoms with van der Waals surface area (Å²) in [6.45, 7) is 4.06. The molecule has 2 aromatic rings. The van der Waals surface area contributed by atoms with Gasteiger partial charge in [0.1, 0.15) is 0 Å². The average Bonchev–Trinajstić information content (AvgIpc) is 2.83. The highest BCUT2D eigenvalue weighted by atomic mass is 32.2. The van der Waals surface area contributed by atoms with E-state index < -0.39 is 0 Å². The van der Waals surface area contributed by atoms with Crippen molar-refractivity contribution >= 4 is 23.1 Å². The van der Waals surface area contributed by atoms with Crippen LogP contribution in [0.2, 0.25) is 0 Å². The fourth-order valence-electron chi connectivity index (χ4n) is 1.51. The van der Waals surface area contributed by atoms with Crippen LogP contribution in [0.4, 0.5) is 0 Å². The van der Waals surface area contributed by atoms with Crippen molar-refractivity contribution in [3.05, 3.63) is 27.8 Å². The molecule has 0 saturated heterocycles. The average molecular weight is 281 g/mol. The molecule has 0 radical (unpaired) electrons. The predicted molar refractivity (Wildman–Crippen MR) is 74.4 cm³/mol. The second kappa shape index (κ2) is 6.15. The SMILES string of the molecule is CCc1ncsc1CSc1nc(C)cc(OC)n1. The van der Waals surface area contributed by atoms with E-state index in [1.54, 1.807) is 30.2 Å². The van der Waals surface area contributed by atoms with Gasteiger partial charge in [-0.25, -0.2) is 9.97 Å². The number of methoxy groups -OCH3 is 1. The van der Waals surface area contributed by atoms with E-state index in [0.29, 0.717) is 5.88 Å². The number of hydrogen-bond acceptors (Lipinski definition) is 6. The molecule has 0 fully saturated rings. The van der Waals surface area contributed by atoms with Crippen LogP contribution in [0.5, 0.6) is 5.88 Å². The quantitative estimate of drug-likeness (QED) is 0.622. The van der Waals surface area contributed by atoms with Crippen LogP contribution >= 0.6 is 23.1 Å². The van der Waals surface area contributed by atoms with E-state index in [0.717, 1.165) is 23.0 Å². The van der Waals surface area contributed by atoms with Gasteiger partial charge in [0, 0.05) is 22.4 Å². The lowest BCUT2D eigenvalue weighted by atomic mass is 10.3. The maximum atomic E-state index is 5.14. The summed E-state index contributed by atoms with van der Waals surface area (Å²) in [7, 11) is 1.62. The molecule has 0 aliphatic carbocycles. The largest absolute Gasteiger partial charge is 0.481 e. The Morgan fingerprint density at radius 1 is 1.39 bits per heavy atom. The van der Waals surface area contributed by atoms with Gasteiger partial charge in [-0.3, -0.25) is 0 Å². The zero-order valence-electron chi connectivity index (χ0n) is 10.6. The van der Waals surface area contributed by atoms with Gasteiger partial charge in [0.25, 0.3) is 0 Å². The first-order valence-electron chi connectivity index (χ1n) is 5.66. The summed E-state index contributed by atoms with van der Waals surface area (Å²) in [5, 5.41) is 0.752. The van der Waals surface area contributed by atoms with E-state index in [4.69, 9.17) is 4.74 Å². The standard InChI is InChI=1S/C12H15N3OS2/c1-4-9-10(18-7-13-9)6-17-12-14-8(2)5-11(15-12)16-3/h5,7H,4,6H2,1-3H3. The molecule has 2 aromatic heterocycles. The molecule has 0 atom stereocenters. The highest BCUT2D eigenvalue weighted by Crippen LogP contribution is 2.25. The number of hydrogen-bond donors (Lipinski definition) is 0. The van der Waals surface area contributed by atoms with Crippen molar-refractivity contribution in [2.24, 2.45) is 0 Å². The Kier molecular flexibility index (Phi) is 4.54. The topological polar surface area (TPSA) is 47.9 Å². The van der Waals surface area contributed by atoms with Crippen LogP contribution in [-0.2, 0) is 12.2 Å². The Balaban J connectivity index is 2.08. The third kappa shape index (κ3) is 3.20. The summed E-state index contributed by atoms with van der Waals surface area (Å²) in [5.41, 5.74) is 3.99. The van der Waals surface area contributed by atoms with Crippen molar-refractivity contribution in [2.45, 2.75) is 31.2 Å². The number of ether oxygens (including phenoxy) is 1. The summed E-state index contributed by atoms with van der Waals surface area (Å²) in [6.07, 6.45) is 0.970. The molecule has 0 aliphatic heterocycles. The first kappa shape index (κ1) is 13.3. The summed E-state index contributed by atoms with van der Waals surface area (Å²) < 4.78 is 5.14. The molecule has 4 nitrogen and oxygen atoms in total. The van der Waals surface area contributed by atoms with Crippen LogP contribution in [0, 0.1) is 6.92 Å². The molecule has 2 heterocycles. The van der Waals surface area contributed by atoms with E-state index >= 15 is 0 Å². The first-order valence-corrected chi connectivity index (χ1v) is 7.53. The number of thioether (sulfide) groups is 1. The molecule has 0 N–H and O–H groups in total. The van der Waals surface area contributed by atoms with Gasteiger partial charge >= 0.3 is 0 Å². The number of aryl methyl sites for hydroxylation is 2. The van der Waals surface area contributed by atoms with E-state index in [9.17, 15) is 0 Å². The lowest BCUT2D eigenvalue weighted by molar-refractivity contribution is 0.391. The third-order valence-electron chi connectivity index (χ3n) is 2.41. The second-order valence-electron chi connectivity index (χ2n) is 3.70. The van der Waals surface area contributed by atoms with E-state index in [1.807, 2.05) is 18.5 Å². The van der Waals surface area contributed by atoms with E-state index in [1.165, 1.54) is 10.6 Å². The van der Waals surface area contributed by atoms with Crippen LogP contribution in [-0.4, -0.2) is 22.1 Å². The van der Waals surface area contributed by atoms with Gasteiger partial charge < -0.3 is 4.74 Å². The molecule has 0 amide bonds. The second-order valence-corrected chi connectivity index (χ2v) is 5.58. The molecule has 6 heteroatoms. The summed E-state index contributed by atoms with van der Waals surface area (Å²) in [5.74, 6) is 1.48. The molecule has 0 unspecified atom stereocenters. The minimum Gasteiger partial charge on any atom is -0.481 e. The maximum Gasteiger partial charge on any atom is 0.217 e. The molecular formula is C12H15N3OS2. The molecule has 0 saturated carbocycles. The van der Waals surface area contributed by atoms with Gasteiger partial charge in [-0.1, -0.05) is 18.7 Å². The molecular weight excluding hydrogens is 266 g/mol. The monoisotopic (exact) mass is 281 g/mol. The fraction of sp³-hybridized carbons (Fsp3) is 0.417. The minimum absolute atomic E-state index is 0.616. The summed E-state index contributed by atoms with van der Waals surface area (Å²) in [6, 6.07) is 1.83. The smallest absolute Gasteiger partial charge is 0.217 e. The Morgan fingerprint density at radius 2 is 2.22 bits per heavy atom. The molecule has 0 aromatic carbocycles. The zero-order valence-corrected chi connectivity index (χ0v) is 12.3. The van der Waals surface area contributed by atoms with Crippen molar-refractivity contribution in [1.29, 1.82) is 0 Å². The summed E-state index contributed by atoms with van der Waals surface area (Å²) >= 11 is 3.31. The van der Waals surface area contributed by atoms with E-state index in [-0.39, 0.29) is 0 Å². The highest BCUT2D eigenvalue weighted by Gasteiger charge is 2.08. The molecule has 96 valence electrons. The van der Waals surface area contributed by atoms with Crippen molar-refractivity contribution < 1.29 is 4.74 Å². The summed E-state index contributed by atoms with van der Waals surface area (Å²) in [4.78, 5) is 14.3. The Bertz CT molecular complexity index is 528. The van der Waals surface area contributed by atoms with E-state index in [2.05, 4.69) is 21.9 Å². The van der Waals surface area contributed by atoms with Gasteiger partial charge in [-0.15, -0.1) is 11.3 Å². The van der Waals surface area contributed by atoms with Crippen LogP contribution < -0.4 is 4.74 Å². The van der Waals surface area contributed by atoms with Gasteiger partial charge in [-0.2, -0.15) is 4.98 Å². The van der Waals surface area contributed by atoms with Gasteiger partial charge in [-0.05, 0) is 13.3 Å². The molecule has 18 heavy (non-hydrogen) atoms. The number of nitrogens with zero attached hydrogens (tertiary/aromatic N) is 3. The third-order valence-corrected chi connectivity index (χ3v) is 4.34. The van der Waals surface area contributed by atoms with Crippen LogP contribution in [0.25, 0.3) is 0 Å². The molecule has 0 bridgehead atoms. The van der Waals surface area contributed by atoms with Crippen molar-refractivity contribution in [2.75, 3.05) is 7.11 Å². The van der Waals surface area contributed by atoms with Crippen LogP contribution in [0.1, 0.15) is 23.2 Å². The number of rotatable bonds is 5. The van der Waals surface area contributed by atoms with Gasteiger partial charge in [0.05, 0.1) is 18.3 Å². The fourth-order valence-corrected chi connectivity index (χ4v) is 3.39. The van der Waals surface area contributed by atoms with Gasteiger partial charge in [0.2, 0.25) is 5.88 Å². The maximum absolute atomic E-state index is 5.14. The first-order chi connectivity index (χ1) is 8.72. The Labute approximate surface area is 115 Å². The molecule has 0 aliphatic rings.